The number of nitrogens with zero attached hydrogens (tertiary/aromatic N) is 2. The highest BCUT2D eigenvalue weighted by atomic mass is 16.5. The maximum atomic E-state index is 12.7. The van der Waals surface area contributed by atoms with Crippen molar-refractivity contribution in [3.8, 4) is 11.1 Å². The van der Waals surface area contributed by atoms with E-state index < -0.39 is 5.97 Å². The van der Waals surface area contributed by atoms with E-state index in [0.717, 1.165) is 5.56 Å². The van der Waals surface area contributed by atoms with Crippen molar-refractivity contribution in [1.82, 2.24) is 9.97 Å². The Labute approximate surface area is 157 Å². The van der Waals surface area contributed by atoms with Crippen molar-refractivity contribution >= 4 is 17.6 Å². The van der Waals surface area contributed by atoms with Gasteiger partial charge in [0.1, 0.15) is 5.82 Å². The monoisotopic (exact) mass is 361 g/mol. The van der Waals surface area contributed by atoms with Crippen LogP contribution in [0.25, 0.3) is 11.1 Å². The standard InChI is InChI=1S/C21H19N3O3/c1-2-27-21(26)17-6-4-3-5-16(17)15-12-18(20(22)24-13-15)19(25)11-14-7-9-23-10-8-14/h3-10,12-13H,2,11H2,1H3,(H2,22,24). The minimum Gasteiger partial charge on any atom is -0.462 e. The predicted molar refractivity (Wildman–Crippen MR) is 102 cm³/mol. The second-order valence-corrected chi connectivity index (χ2v) is 5.88. The van der Waals surface area contributed by atoms with E-state index in [1.54, 1.807) is 61.9 Å². The number of nitrogens with two attached hydrogens (primary N) is 1. The van der Waals surface area contributed by atoms with E-state index in [1.807, 2.05) is 6.07 Å². The van der Waals surface area contributed by atoms with Crippen molar-refractivity contribution in [1.29, 1.82) is 0 Å². The Balaban J connectivity index is 1.97. The molecule has 0 fully saturated rings. The van der Waals surface area contributed by atoms with Gasteiger partial charge in [-0.25, -0.2) is 9.78 Å². The zero-order valence-corrected chi connectivity index (χ0v) is 14.9. The fourth-order valence-corrected chi connectivity index (χ4v) is 2.75. The van der Waals surface area contributed by atoms with E-state index in [9.17, 15) is 9.59 Å². The largest absolute Gasteiger partial charge is 0.462 e. The van der Waals surface area contributed by atoms with E-state index in [1.165, 1.54) is 0 Å². The summed E-state index contributed by atoms with van der Waals surface area (Å²) in [5, 5.41) is 0. The third-order valence-electron chi connectivity index (χ3n) is 4.07. The van der Waals surface area contributed by atoms with Crippen LogP contribution in [-0.4, -0.2) is 28.3 Å². The lowest BCUT2D eigenvalue weighted by molar-refractivity contribution is 0.0527. The summed E-state index contributed by atoms with van der Waals surface area (Å²) in [7, 11) is 0. The van der Waals surface area contributed by atoms with Crippen molar-refractivity contribution in [3.63, 3.8) is 0 Å². The molecule has 6 heteroatoms. The number of ether oxygens (including phenoxy) is 1. The van der Waals surface area contributed by atoms with Crippen LogP contribution in [0, 0.1) is 0 Å². The van der Waals surface area contributed by atoms with E-state index in [4.69, 9.17) is 10.5 Å². The normalized spacial score (nSPS) is 10.4. The highest BCUT2D eigenvalue weighted by Crippen LogP contribution is 2.27. The van der Waals surface area contributed by atoms with E-state index in [0.29, 0.717) is 22.3 Å². The van der Waals surface area contributed by atoms with Gasteiger partial charge in [-0.15, -0.1) is 0 Å². The Morgan fingerprint density at radius 1 is 1.07 bits per heavy atom. The summed E-state index contributed by atoms with van der Waals surface area (Å²) in [6.45, 7) is 2.03. The van der Waals surface area contributed by atoms with Crippen LogP contribution in [0.2, 0.25) is 0 Å². The van der Waals surface area contributed by atoms with Gasteiger partial charge in [0, 0.05) is 30.6 Å². The topological polar surface area (TPSA) is 95.2 Å². The van der Waals surface area contributed by atoms with Crippen molar-refractivity contribution in [3.05, 3.63) is 77.7 Å². The lowest BCUT2D eigenvalue weighted by Crippen LogP contribution is -2.10. The molecule has 27 heavy (non-hydrogen) atoms. The molecule has 136 valence electrons. The molecule has 0 aliphatic rings. The summed E-state index contributed by atoms with van der Waals surface area (Å²) in [6, 6.07) is 12.3. The SMILES string of the molecule is CCOC(=O)c1ccccc1-c1cnc(N)c(C(=O)Cc2ccncc2)c1. The van der Waals surface area contributed by atoms with Crippen LogP contribution in [0.1, 0.15) is 33.2 Å². The number of esters is 1. The van der Waals surface area contributed by atoms with Gasteiger partial charge in [0.15, 0.2) is 5.78 Å². The molecule has 2 N–H and O–H groups in total. The molecule has 0 spiro atoms. The van der Waals surface area contributed by atoms with Crippen LogP contribution >= 0.6 is 0 Å². The molecule has 0 bridgehead atoms. The first-order valence-corrected chi connectivity index (χ1v) is 8.54. The molecule has 0 amide bonds. The Bertz CT molecular complexity index is 971. The zero-order chi connectivity index (χ0) is 19.2. The predicted octanol–water partition coefficient (Wildman–Crippen LogP) is 3.33. The van der Waals surface area contributed by atoms with Crippen LogP contribution in [0.3, 0.4) is 0 Å². The molecule has 0 atom stereocenters. The number of carbonyl (C=O) groups excluding carboxylic acids is 2. The summed E-state index contributed by atoms with van der Waals surface area (Å²) in [6.07, 6.45) is 5.01. The van der Waals surface area contributed by atoms with E-state index in [-0.39, 0.29) is 24.6 Å². The molecule has 0 aliphatic carbocycles. The Hall–Kier alpha value is -3.54. The molecule has 1 aromatic carbocycles. The first-order chi connectivity index (χ1) is 13.1. The quantitative estimate of drug-likeness (QED) is 0.534. The molecular weight excluding hydrogens is 342 g/mol. The summed E-state index contributed by atoms with van der Waals surface area (Å²) in [5.41, 5.74) is 8.78. The molecule has 3 rings (SSSR count). The first kappa shape index (κ1) is 18.3. The van der Waals surface area contributed by atoms with Gasteiger partial charge in [-0.3, -0.25) is 9.78 Å². The highest BCUT2D eigenvalue weighted by molar-refractivity contribution is 6.03. The average molecular weight is 361 g/mol. The third-order valence-corrected chi connectivity index (χ3v) is 4.07. The zero-order valence-electron chi connectivity index (χ0n) is 14.9. The molecule has 0 saturated heterocycles. The van der Waals surface area contributed by atoms with Gasteiger partial charge in [-0.05, 0) is 42.3 Å². The van der Waals surface area contributed by atoms with Crippen molar-refractivity contribution in [2.45, 2.75) is 13.3 Å². The number of benzene rings is 1. The highest BCUT2D eigenvalue weighted by Gasteiger charge is 2.17. The van der Waals surface area contributed by atoms with Crippen LogP contribution in [0.4, 0.5) is 5.82 Å². The van der Waals surface area contributed by atoms with Crippen LogP contribution in [-0.2, 0) is 11.2 Å². The minimum absolute atomic E-state index is 0.151. The number of Topliss-reactive ketones (excluding diaryl/α,β-unsaturated/α-hetero) is 1. The summed E-state index contributed by atoms with van der Waals surface area (Å²) in [4.78, 5) is 33.0. The molecule has 0 aliphatic heterocycles. The molecule has 3 aromatic rings. The lowest BCUT2D eigenvalue weighted by atomic mass is 9.97. The average Bonchev–Trinajstić information content (AvgIpc) is 2.69. The fourth-order valence-electron chi connectivity index (χ4n) is 2.75. The van der Waals surface area contributed by atoms with Gasteiger partial charge in [-0.1, -0.05) is 18.2 Å². The number of hydrogen-bond acceptors (Lipinski definition) is 6. The molecule has 6 nitrogen and oxygen atoms in total. The second-order valence-electron chi connectivity index (χ2n) is 5.88. The summed E-state index contributed by atoms with van der Waals surface area (Å²) in [5.74, 6) is -0.414. The maximum Gasteiger partial charge on any atom is 0.338 e. The lowest BCUT2D eigenvalue weighted by Gasteiger charge is -2.11. The van der Waals surface area contributed by atoms with Crippen LogP contribution < -0.4 is 5.73 Å². The molecular formula is C21H19N3O3. The number of hydrogen-bond donors (Lipinski definition) is 1. The number of pyridine rings is 2. The van der Waals surface area contributed by atoms with Crippen LogP contribution in [0.15, 0.2) is 61.1 Å². The smallest absolute Gasteiger partial charge is 0.338 e. The number of anilines is 1. The first-order valence-electron chi connectivity index (χ1n) is 8.54. The van der Waals surface area contributed by atoms with E-state index in [2.05, 4.69) is 9.97 Å². The van der Waals surface area contributed by atoms with Gasteiger partial charge in [0.25, 0.3) is 0 Å². The number of rotatable bonds is 6. The molecule has 0 radical (unpaired) electrons. The molecule has 0 saturated carbocycles. The Morgan fingerprint density at radius 3 is 2.56 bits per heavy atom. The summed E-state index contributed by atoms with van der Waals surface area (Å²) < 4.78 is 5.11. The number of aromatic nitrogens is 2. The Morgan fingerprint density at radius 2 is 1.81 bits per heavy atom. The molecule has 0 unspecified atom stereocenters. The molecule has 2 heterocycles. The minimum atomic E-state index is -0.422. The maximum absolute atomic E-state index is 12.7. The second kappa shape index (κ2) is 8.23. The summed E-state index contributed by atoms with van der Waals surface area (Å²) >= 11 is 0. The Kier molecular flexibility index (Phi) is 5.56. The van der Waals surface area contributed by atoms with E-state index >= 15 is 0 Å². The van der Waals surface area contributed by atoms with Gasteiger partial charge in [0.2, 0.25) is 0 Å². The van der Waals surface area contributed by atoms with Crippen molar-refractivity contribution in [2.75, 3.05) is 12.3 Å². The van der Waals surface area contributed by atoms with Gasteiger partial charge in [-0.2, -0.15) is 0 Å². The van der Waals surface area contributed by atoms with Crippen molar-refractivity contribution in [2.24, 2.45) is 0 Å². The van der Waals surface area contributed by atoms with Gasteiger partial charge in [0.05, 0.1) is 17.7 Å². The third kappa shape index (κ3) is 4.17. The number of carbonyl (C=O) groups is 2. The van der Waals surface area contributed by atoms with Gasteiger partial charge < -0.3 is 10.5 Å². The molecule has 2 aromatic heterocycles. The number of nitrogen functional groups attached to an aromatic ring is 1. The van der Waals surface area contributed by atoms with Crippen molar-refractivity contribution < 1.29 is 14.3 Å². The fraction of sp³-hybridized carbons (Fsp3) is 0.143. The van der Waals surface area contributed by atoms with Crippen LogP contribution in [0.5, 0.6) is 0 Å². The number of ketones is 1. The van der Waals surface area contributed by atoms with Gasteiger partial charge >= 0.3 is 5.97 Å².